The summed E-state index contributed by atoms with van der Waals surface area (Å²) in [6, 6.07) is -1.52. The van der Waals surface area contributed by atoms with Crippen molar-refractivity contribution in [2.75, 3.05) is 0 Å². The van der Waals surface area contributed by atoms with Crippen molar-refractivity contribution in [2.24, 2.45) is 11.8 Å². The monoisotopic (exact) mass is 211 g/mol. The fourth-order valence-electron chi connectivity index (χ4n) is 1.14. The van der Waals surface area contributed by atoms with Gasteiger partial charge in [-0.15, -0.1) is 0 Å². The summed E-state index contributed by atoms with van der Waals surface area (Å²) in [6.45, 7) is 8.76. The summed E-state index contributed by atoms with van der Waals surface area (Å²) in [5, 5.41) is 2.63. The maximum Gasteiger partial charge on any atom is 0.404 e. The third-order valence-electron chi connectivity index (χ3n) is 2.46. The molecule has 0 radical (unpaired) electrons. The van der Waals surface area contributed by atoms with Gasteiger partial charge in [-0.3, -0.25) is 0 Å². The van der Waals surface area contributed by atoms with Crippen LogP contribution in [0.1, 0.15) is 34.6 Å². The van der Waals surface area contributed by atoms with E-state index in [1.54, 1.807) is 20.8 Å². The highest BCUT2D eigenvalue weighted by Crippen LogP contribution is 2.26. The lowest BCUT2D eigenvalue weighted by Crippen LogP contribution is -2.50. The molecule has 0 aliphatic heterocycles. The molecule has 0 amide bonds. The van der Waals surface area contributed by atoms with Crippen LogP contribution in [-0.2, 0) is 0 Å². The smallest absolute Gasteiger partial charge is 0.303 e. The second-order valence-electron chi connectivity index (χ2n) is 4.46. The van der Waals surface area contributed by atoms with Gasteiger partial charge in [-0.25, -0.2) is 0 Å². The van der Waals surface area contributed by atoms with E-state index in [1.807, 2.05) is 13.8 Å². The summed E-state index contributed by atoms with van der Waals surface area (Å²) in [5.74, 6) is -0.227. The lowest BCUT2D eigenvalue weighted by Gasteiger charge is -2.30. The molecule has 0 saturated heterocycles. The molecule has 0 aromatic carbocycles. The molecule has 0 unspecified atom stereocenters. The Bertz CT molecular complexity index is 163. The molecule has 86 valence electrons. The van der Waals surface area contributed by atoms with Crippen LogP contribution in [0, 0.1) is 11.8 Å². The number of nitrogens with one attached hydrogen (secondary N) is 1. The number of rotatable bonds is 4. The van der Waals surface area contributed by atoms with Gasteiger partial charge in [0, 0.05) is 6.04 Å². The number of halogens is 3. The molecule has 0 rings (SSSR count). The Morgan fingerprint density at radius 3 is 1.50 bits per heavy atom. The van der Waals surface area contributed by atoms with Crippen molar-refractivity contribution in [2.45, 2.75) is 52.9 Å². The number of hydrogen-bond acceptors (Lipinski definition) is 1. The van der Waals surface area contributed by atoms with Crippen LogP contribution >= 0.6 is 0 Å². The Balaban J connectivity index is 4.40. The van der Waals surface area contributed by atoms with E-state index in [0.29, 0.717) is 0 Å². The Labute approximate surface area is 84.1 Å². The SMILES string of the molecule is CC(C)[C@@H](C)N[C@@H](C(C)C)C(F)(F)F. The van der Waals surface area contributed by atoms with E-state index in [2.05, 4.69) is 5.32 Å². The largest absolute Gasteiger partial charge is 0.404 e. The van der Waals surface area contributed by atoms with Crippen molar-refractivity contribution in [1.82, 2.24) is 5.32 Å². The summed E-state index contributed by atoms with van der Waals surface area (Å²) in [5.41, 5.74) is 0. The van der Waals surface area contributed by atoms with Crippen LogP contribution in [0.5, 0.6) is 0 Å². The average Bonchev–Trinajstić information content (AvgIpc) is 1.96. The van der Waals surface area contributed by atoms with Crippen molar-refractivity contribution in [3.63, 3.8) is 0 Å². The topological polar surface area (TPSA) is 12.0 Å². The van der Waals surface area contributed by atoms with E-state index in [1.165, 1.54) is 0 Å². The molecule has 2 atom stereocenters. The van der Waals surface area contributed by atoms with Crippen LogP contribution in [0.4, 0.5) is 13.2 Å². The first-order valence-corrected chi connectivity index (χ1v) is 4.99. The molecule has 0 aliphatic rings. The minimum absolute atomic E-state index is 0.121. The van der Waals surface area contributed by atoms with E-state index in [0.717, 1.165) is 0 Å². The Morgan fingerprint density at radius 2 is 1.29 bits per heavy atom. The van der Waals surface area contributed by atoms with Gasteiger partial charge in [0.2, 0.25) is 0 Å². The van der Waals surface area contributed by atoms with Gasteiger partial charge in [0.05, 0.1) is 0 Å². The van der Waals surface area contributed by atoms with Gasteiger partial charge in [0.25, 0.3) is 0 Å². The summed E-state index contributed by atoms with van der Waals surface area (Å²) < 4.78 is 37.6. The molecule has 4 heteroatoms. The standard InChI is InChI=1S/C10H20F3N/c1-6(2)8(5)14-9(7(3)4)10(11,12)13/h6-9,14H,1-5H3/t8-,9+/m1/s1. The summed E-state index contributed by atoms with van der Waals surface area (Å²) >= 11 is 0. The first kappa shape index (κ1) is 13.8. The second kappa shape index (κ2) is 5.01. The average molecular weight is 211 g/mol. The number of hydrogen-bond donors (Lipinski definition) is 1. The predicted molar refractivity (Wildman–Crippen MR) is 52.1 cm³/mol. The van der Waals surface area contributed by atoms with Gasteiger partial charge in [-0.1, -0.05) is 27.7 Å². The maximum absolute atomic E-state index is 12.5. The van der Waals surface area contributed by atoms with Crippen molar-refractivity contribution in [1.29, 1.82) is 0 Å². The lowest BCUT2D eigenvalue weighted by molar-refractivity contribution is -0.167. The van der Waals surface area contributed by atoms with E-state index in [-0.39, 0.29) is 12.0 Å². The highest BCUT2D eigenvalue weighted by molar-refractivity contribution is 4.81. The van der Waals surface area contributed by atoms with Gasteiger partial charge in [0.1, 0.15) is 6.04 Å². The minimum atomic E-state index is -4.16. The van der Waals surface area contributed by atoms with Crippen molar-refractivity contribution in [3.8, 4) is 0 Å². The zero-order valence-electron chi connectivity index (χ0n) is 9.44. The number of alkyl halides is 3. The predicted octanol–water partition coefficient (Wildman–Crippen LogP) is 3.21. The molecule has 0 spiro atoms. The molecule has 1 N–H and O–H groups in total. The molecule has 0 aliphatic carbocycles. The van der Waals surface area contributed by atoms with Crippen LogP contribution in [0.2, 0.25) is 0 Å². The van der Waals surface area contributed by atoms with Crippen LogP contribution in [0.25, 0.3) is 0 Å². The minimum Gasteiger partial charge on any atom is -0.303 e. The molecule has 0 aromatic rings. The molecular weight excluding hydrogens is 191 g/mol. The zero-order valence-corrected chi connectivity index (χ0v) is 9.44. The third-order valence-corrected chi connectivity index (χ3v) is 2.46. The maximum atomic E-state index is 12.5. The molecule has 14 heavy (non-hydrogen) atoms. The van der Waals surface area contributed by atoms with Crippen LogP contribution in [0.3, 0.4) is 0 Å². The fourth-order valence-corrected chi connectivity index (χ4v) is 1.14. The molecule has 0 saturated carbocycles. The Morgan fingerprint density at radius 1 is 0.857 bits per heavy atom. The lowest BCUT2D eigenvalue weighted by atomic mass is 9.99. The fraction of sp³-hybridized carbons (Fsp3) is 1.00. The van der Waals surface area contributed by atoms with Crippen LogP contribution < -0.4 is 5.32 Å². The first-order chi connectivity index (χ1) is 6.16. The van der Waals surface area contributed by atoms with Crippen molar-refractivity contribution < 1.29 is 13.2 Å². The Kier molecular flexibility index (Phi) is 4.92. The molecule has 1 nitrogen and oxygen atoms in total. The molecule has 0 heterocycles. The highest BCUT2D eigenvalue weighted by atomic mass is 19.4. The van der Waals surface area contributed by atoms with Gasteiger partial charge >= 0.3 is 6.18 Å². The second-order valence-corrected chi connectivity index (χ2v) is 4.46. The van der Waals surface area contributed by atoms with E-state index >= 15 is 0 Å². The molecule has 0 bridgehead atoms. The van der Waals surface area contributed by atoms with Crippen molar-refractivity contribution >= 4 is 0 Å². The first-order valence-electron chi connectivity index (χ1n) is 4.99. The third kappa shape index (κ3) is 4.31. The molecule has 0 fully saturated rings. The van der Waals surface area contributed by atoms with Crippen molar-refractivity contribution in [3.05, 3.63) is 0 Å². The summed E-state index contributed by atoms with van der Waals surface area (Å²) in [7, 11) is 0. The Hall–Kier alpha value is -0.250. The van der Waals surface area contributed by atoms with Gasteiger partial charge < -0.3 is 5.32 Å². The highest BCUT2D eigenvalue weighted by Gasteiger charge is 2.42. The molecule has 0 aromatic heterocycles. The van der Waals surface area contributed by atoms with E-state index in [4.69, 9.17) is 0 Å². The quantitative estimate of drug-likeness (QED) is 0.753. The summed E-state index contributed by atoms with van der Waals surface area (Å²) in [4.78, 5) is 0. The summed E-state index contributed by atoms with van der Waals surface area (Å²) in [6.07, 6.45) is -4.16. The van der Waals surface area contributed by atoms with Crippen LogP contribution in [0.15, 0.2) is 0 Å². The zero-order chi connectivity index (χ0) is 11.5. The van der Waals surface area contributed by atoms with Gasteiger partial charge in [-0.05, 0) is 18.8 Å². The van der Waals surface area contributed by atoms with Gasteiger partial charge in [0.15, 0.2) is 0 Å². The van der Waals surface area contributed by atoms with E-state index in [9.17, 15) is 13.2 Å². The molecular formula is C10H20F3N. The van der Waals surface area contributed by atoms with E-state index < -0.39 is 18.1 Å². The van der Waals surface area contributed by atoms with Gasteiger partial charge in [-0.2, -0.15) is 13.2 Å². The normalized spacial score (nSPS) is 17.6. The van der Waals surface area contributed by atoms with Crippen LogP contribution in [-0.4, -0.2) is 18.3 Å².